The van der Waals surface area contributed by atoms with Crippen molar-refractivity contribution in [3.8, 4) is 0 Å². The number of aromatic nitrogens is 1. The fourth-order valence-corrected chi connectivity index (χ4v) is 3.48. The lowest BCUT2D eigenvalue weighted by Crippen LogP contribution is -2.34. The second kappa shape index (κ2) is 6.55. The molecule has 0 N–H and O–H groups in total. The van der Waals surface area contributed by atoms with Crippen LogP contribution >= 0.6 is 0 Å². The van der Waals surface area contributed by atoms with Crippen LogP contribution in [-0.2, 0) is 6.54 Å². The highest BCUT2D eigenvalue weighted by Gasteiger charge is 2.23. The average molecular weight is 332 g/mol. The van der Waals surface area contributed by atoms with Gasteiger partial charge in [0.05, 0.1) is 6.54 Å². The predicted molar refractivity (Wildman–Crippen MR) is 98.9 cm³/mol. The first-order valence-electron chi connectivity index (χ1n) is 8.70. The second-order valence-corrected chi connectivity index (χ2v) is 6.49. The topological polar surface area (TPSA) is 42.3 Å². The van der Waals surface area contributed by atoms with Gasteiger partial charge in [-0.15, -0.1) is 0 Å². The maximum atomic E-state index is 13.1. The number of amides is 1. The monoisotopic (exact) mass is 332 g/mol. The molecule has 0 spiro atoms. The van der Waals surface area contributed by atoms with E-state index in [-0.39, 0.29) is 11.5 Å². The Morgan fingerprint density at radius 1 is 0.920 bits per heavy atom. The zero-order valence-corrected chi connectivity index (χ0v) is 14.0. The van der Waals surface area contributed by atoms with Gasteiger partial charge < -0.3 is 4.90 Å². The van der Waals surface area contributed by atoms with Crippen LogP contribution in [0.25, 0.3) is 10.8 Å². The van der Waals surface area contributed by atoms with Gasteiger partial charge in [-0.25, -0.2) is 0 Å². The molecule has 3 aromatic rings. The Morgan fingerprint density at radius 2 is 1.60 bits per heavy atom. The maximum absolute atomic E-state index is 13.1. The quantitative estimate of drug-likeness (QED) is 0.739. The van der Waals surface area contributed by atoms with Gasteiger partial charge >= 0.3 is 0 Å². The molecule has 0 saturated carbocycles. The molecule has 1 fully saturated rings. The molecule has 1 saturated heterocycles. The third kappa shape index (κ3) is 2.95. The van der Waals surface area contributed by atoms with E-state index < -0.39 is 0 Å². The Balaban J connectivity index is 1.88. The van der Waals surface area contributed by atoms with Crippen molar-refractivity contribution in [1.29, 1.82) is 0 Å². The van der Waals surface area contributed by atoms with Gasteiger partial charge in [-0.1, -0.05) is 48.5 Å². The van der Waals surface area contributed by atoms with Crippen LogP contribution in [0.4, 0.5) is 0 Å². The molecule has 126 valence electrons. The molecule has 1 aromatic heterocycles. The van der Waals surface area contributed by atoms with Gasteiger partial charge in [0, 0.05) is 18.5 Å². The van der Waals surface area contributed by atoms with E-state index in [2.05, 4.69) is 0 Å². The molecular weight excluding hydrogens is 312 g/mol. The van der Waals surface area contributed by atoms with Crippen LogP contribution in [0.1, 0.15) is 28.9 Å². The van der Waals surface area contributed by atoms with Crippen molar-refractivity contribution in [1.82, 2.24) is 9.47 Å². The molecule has 0 bridgehead atoms. The largest absolute Gasteiger partial charge is 0.337 e. The number of benzene rings is 2. The summed E-state index contributed by atoms with van der Waals surface area (Å²) in [5, 5.41) is 1.47. The number of carbonyl (C=O) groups is 1. The number of likely N-dealkylation sites (tertiary alicyclic amines) is 1. The molecule has 4 heteroatoms. The summed E-state index contributed by atoms with van der Waals surface area (Å²) in [6, 6.07) is 19.1. The molecule has 2 aromatic carbocycles. The molecule has 1 aliphatic rings. The number of carbonyl (C=O) groups excluding carboxylic acids is 1. The highest BCUT2D eigenvalue weighted by Crippen LogP contribution is 2.17. The summed E-state index contributed by atoms with van der Waals surface area (Å²) in [5.74, 6) is -0.0451. The van der Waals surface area contributed by atoms with Crippen molar-refractivity contribution in [2.24, 2.45) is 0 Å². The second-order valence-electron chi connectivity index (χ2n) is 6.49. The highest BCUT2D eigenvalue weighted by molar-refractivity contribution is 5.96. The summed E-state index contributed by atoms with van der Waals surface area (Å²) >= 11 is 0. The summed E-state index contributed by atoms with van der Waals surface area (Å²) in [6.45, 7) is 1.94. The van der Waals surface area contributed by atoms with Gasteiger partial charge in [0.25, 0.3) is 11.5 Å². The first-order valence-corrected chi connectivity index (χ1v) is 8.70. The molecule has 4 nitrogen and oxygen atoms in total. The minimum absolute atomic E-state index is 0.0451. The summed E-state index contributed by atoms with van der Waals surface area (Å²) in [7, 11) is 0. The van der Waals surface area contributed by atoms with Crippen LogP contribution in [0.5, 0.6) is 0 Å². The average Bonchev–Trinajstić information content (AvgIpc) is 3.19. The van der Waals surface area contributed by atoms with Crippen LogP contribution in [-0.4, -0.2) is 28.5 Å². The lowest BCUT2D eigenvalue weighted by atomic mass is 10.1. The minimum Gasteiger partial charge on any atom is -0.337 e. The number of pyridine rings is 1. The molecule has 0 atom stereocenters. The van der Waals surface area contributed by atoms with Crippen molar-refractivity contribution >= 4 is 16.7 Å². The zero-order valence-electron chi connectivity index (χ0n) is 14.0. The lowest BCUT2D eigenvalue weighted by Gasteiger charge is -2.20. The van der Waals surface area contributed by atoms with Crippen LogP contribution in [0.3, 0.4) is 0 Å². The summed E-state index contributed by atoms with van der Waals surface area (Å²) < 4.78 is 1.62. The fourth-order valence-electron chi connectivity index (χ4n) is 3.48. The Labute approximate surface area is 146 Å². The Bertz CT molecular complexity index is 970. The molecule has 0 radical (unpaired) electrons. The van der Waals surface area contributed by atoms with E-state index in [1.807, 2.05) is 65.6 Å². The molecule has 1 aliphatic heterocycles. The molecule has 1 amide bonds. The van der Waals surface area contributed by atoms with Gasteiger partial charge in [-0.05, 0) is 35.9 Å². The standard InChI is InChI=1S/C21H20N2O2/c24-20-18-11-5-4-10-17(18)14-19(21(25)22-12-6-7-13-22)23(20)15-16-8-2-1-3-9-16/h1-5,8-11,14H,6-7,12-13,15H2. The number of hydrogen-bond donors (Lipinski definition) is 0. The number of nitrogens with zero attached hydrogens (tertiary/aromatic N) is 2. The maximum Gasteiger partial charge on any atom is 0.270 e. The van der Waals surface area contributed by atoms with Crippen LogP contribution in [0.2, 0.25) is 0 Å². The Hall–Kier alpha value is -2.88. The molecule has 0 aliphatic carbocycles. The Kier molecular flexibility index (Phi) is 4.10. The smallest absolute Gasteiger partial charge is 0.270 e. The normalized spacial score (nSPS) is 14.2. The summed E-state index contributed by atoms with van der Waals surface area (Å²) in [6.07, 6.45) is 2.06. The zero-order chi connectivity index (χ0) is 17.2. The third-order valence-corrected chi connectivity index (χ3v) is 4.82. The first-order chi connectivity index (χ1) is 12.2. The van der Waals surface area contributed by atoms with E-state index in [1.54, 1.807) is 4.57 Å². The first kappa shape index (κ1) is 15.6. The van der Waals surface area contributed by atoms with Crippen molar-refractivity contribution in [2.45, 2.75) is 19.4 Å². The number of fused-ring (bicyclic) bond motifs is 1. The van der Waals surface area contributed by atoms with Crippen molar-refractivity contribution in [3.63, 3.8) is 0 Å². The Morgan fingerprint density at radius 3 is 2.36 bits per heavy atom. The summed E-state index contributed by atoms with van der Waals surface area (Å²) in [4.78, 5) is 27.9. The van der Waals surface area contributed by atoms with E-state index in [9.17, 15) is 9.59 Å². The van der Waals surface area contributed by atoms with E-state index in [0.717, 1.165) is 36.9 Å². The van der Waals surface area contributed by atoms with Gasteiger partial charge in [0.1, 0.15) is 5.69 Å². The van der Waals surface area contributed by atoms with Crippen LogP contribution in [0, 0.1) is 0 Å². The highest BCUT2D eigenvalue weighted by atomic mass is 16.2. The fraction of sp³-hybridized carbons (Fsp3) is 0.238. The van der Waals surface area contributed by atoms with Crippen molar-refractivity contribution in [2.75, 3.05) is 13.1 Å². The van der Waals surface area contributed by atoms with E-state index in [0.29, 0.717) is 17.6 Å². The van der Waals surface area contributed by atoms with Gasteiger partial charge in [0.15, 0.2) is 0 Å². The predicted octanol–water partition coefficient (Wildman–Crippen LogP) is 3.29. The number of hydrogen-bond acceptors (Lipinski definition) is 2. The van der Waals surface area contributed by atoms with Crippen LogP contribution < -0.4 is 5.56 Å². The number of rotatable bonds is 3. The molecular formula is C21H20N2O2. The van der Waals surface area contributed by atoms with Gasteiger partial charge in [-0.2, -0.15) is 0 Å². The van der Waals surface area contributed by atoms with Gasteiger partial charge in [-0.3, -0.25) is 14.2 Å². The SMILES string of the molecule is O=C(c1cc2ccccc2c(=O)n1Cc1ccccc1)N1CCCC1. The minimum atomic E-state index is -0.107. The molecule has 25 heavy (non-hydrogen) atoms. The van der Waals surface area contributed by atoms with E-state index >= 15 is 0 Å². The molecule has 4 rings (SSSR count). The van der Waals surface area contributed by atoms with Crippen molar-refractivity contribution < 1.29 is 4.79 Å². The lowest BCUT2D eigenvalue weighted by molar-refractivity contribution is 0.0781. The van der Waals surface area contributed by atoms with E-state index in [1.165, 1.54) is 0 Å². The molecule has 2 heterocycles. The van der Waals surface area contributed by atoms with E-state index in [4.69, 9.17) is 0 Å². The summed E-state index contributed by atoms with van der Waals surface area (Å²) in [5.41, 5.74) is 1.38. The van der Waals surface area contributed by atoms with Crippen molar-refractivity contribution in [3.05, 3.63) is 82.3 Å². The molecule has 0 unspecified atom stereocenters. The van der Waals surface area contributed by atoms with Crippen LogP contribution in [0.15, 0.2) is 65.5 Å². The third-order valence-electron chi connectivity index (χ3n) is 4.82. The van der Waals surface area contributed by atoms with Gasteiger partial charge in [0.2, 0.25) is 0 Å².